The monoisotopic (exact) mass is 469 g/mol. The molecule has 0 aliphatic rings. The number of halogens is 1. The van der Waals surface area contributed by atoms with Crippen LogP contribution in [0.3, 0.4) is 0 Å². The van der Waals surface area contributed by atoms with Crippen molar-refractivity contribution in [3.63, 3.8) is 0 Å². The number of hydrogen-bond acceptors (Lipinski definition) is 6. The summed E-state index contributed by atoms with van der Waals surface area (Å²) >= 11 is 2.55. The van der Waals surface area contributed by atoms with Crippen LogP contribution in [-0.2, 0) is 17.9 Å². The summed E-state index contributed by atoms with van der Waals surface area (Å²) in [7, 11) is 1.59. The van der Waals surface area contributed by atoms with Crippen molar-refractivity contribution in [1.82, 2.24) is 14.9 Å². The molecule has 4 aromatic rings. The van der Waals surface area contributed by atoms with E-state index < -0.39 is 0 Å². The maximum absolute atomic E-state index is 13.1. The van der Waals surface area contributed by atoms with Crippen LogP contribution in [-0.4, -0.2) is 28.3 Å². The Morgan fingerprint density at radius 3 is 2.75 bits per heavy atom. The number of nitrogens with one attached hydrogen (secondary N) is 1. The van der Waals surface area contributed by atoms with E-state index in [2.05, 4.69) is 10.3 Å². The number of para-hydroxylation sites is 1. The molecule has 0 fully saturated rings. The lowest BCUT2D eigenvalue weighted by Gasteiger charge is -2.14. The molecule has 2 aromatic carbocycles. The molecule has 4 rings (SSSR count). The molecule has 0 aliphatic carbocycles. The van der Waals surface area contributed by atoms with E-state index in [1.807, 2.05) is 29.6 Å². The molecule has 0 saturated heterocycles. The molecular weight excluding hydrogens is 449 g/mol. The summed E-state index contributed by atoms with van der Waals surface area (Å²) in [6.45, 7) is 0.577. The van der Waals surface area contributed by atoms with Gasteiger partial charge in [-0.2, -0.15) is 0 Å². The lowest BCUT2D eigenvalue weighted by molar-refractivity contribution is -0.118. The minimum absolute atomic E-state index is 0.0925. The number of rotatable bonds is 8. The van der Waals surface area contributed by atoms with Crippen LogP contribution in [0.4, 0.5) is 4.39 Å². The second-order valence-electron chi connectivity index (χ2n) is 6.92. The molecule has 0 spiro atoms. The van der Waals surface area contributed by atoms with Crippen LogP contribution >= 0.6 is 23.1 Å². The van der Waals surface area contributed by atoms with Gasteiger partial charge in [0, 0.05) is 12.1 Å². The molecule has 164 valence electrons. The number of fused-ring (bicyclic) bond motifs is 1. The highest BCUT2D eigenvalue weighted by atomic mass is 32.2. The number of nitrogens with zero attached hydrogens (tertiary/aromatic N) is 2. The first-order valence-corrected chi connectivity index (χ1v) is 11.7. The molecule has 6 nitrogen and oxygen atoms in total. The summed E-state index contributed by atoms with van der Waals surface area (Å²) < 4.78 is 20.6. The summed E-state index contributed by atoms with van der Waals surface area (Å²) in [5, 5.41) is 5.10. The molecule has 9 heteroatoms. The average Bonchev–Trinajstić information content (AvgIpc) is 3.28. The van der Waals surface area contributed by atoms with Gasteiger partial charge < -0.3 is 10.1 Å². The second kappa shape index (κ2) is 9.97. The molecule has 0 unspecified atom stereocenters. The highest BCUT2D eigenvalue weighted by Crippen LogP contribution is 2.24. The third-order valence-corrected chi connectivity index (χ3v) is 6.66. The molecule has 1 amide bonds. The highest BCUT2D eigenvalue weighted by molar-refractivity contribution is 7.99. The van der Waals surface area contributed by atoms with Crippen LogP contribution in [0, 0.1) is 5.82 Å². The molecule has 2 aromatic heterocycles. The second-order valence-corrected chi connectivity index (χ2v) is 8.78. The summed E-state index contributed by atoms with van der Waals surface area (Å²) in [4.78, 5) is 30.2. The maximum Gasteiger partial charge on any atom is 0.272 e. The first-order chi connectivity index (χ1) is 15.5. The quantitative estimate of drug-likeness (QED) is 0.311. The highest BCUT2D eigenvalue weighted by Gasteiger charge is 2.16. The van der Waals surface area contributed by atoms with Crippen molar-refractivity contribution in [3.8, 4) is 5.75 Å². The van der Waals surface area contributed by atoms with Gasteiger partial charge in [-0.15, -0.1) is 11.3 Å². The Morgan fingerprint density at radius 2 is 1.97 bits per heavy atom. The zero-order valence-electron chi connectivity index (χ0n) is 17.2. The van der Waals surface area contributed by atoms with E-state index in [1.54, 1.807) is 29.9 Å². The third-order valence-electron chi connectivity index (χ3n) is 4.79. The molecule has 1 N–H and O–H groups in total. The number of thiophene rings is 1. The number of methoxy groups -OCH3 is 1. The molecule has 2 heterocycles. The van der Waals surface area contributed by atoms with Crippen molar-refractivity contribution in [1.29, 1.82) is 0 Å². The summed E-state index contributed by atoms with van der Waals surface area (Å²) in [5.41, 5.74) is 2.11. The third kappa shape index (κ3) is 5.00. The van der Waals surface area contributed by atoms with E-state index in [9.17, 15) is 14.0 Å². The largest absolute Gasteiger partial charge is 0.496 e. The summed E-state index contributed by atoms with van der Waals surface area (Å²) in [5.74, 6) is 0.245. The number of benzene rings is 2. The predicted molar refractivity (Wildman–Crippen MR) is 125 cm³/mol. The number of amides is 1. The molecule has 0 saturated carbocycles. The van der Waals surface area contributed by atoms with Crippen LogP contribution in [0.15, 0.2) is 69.9 Å². The smallest absolute Gasteiger partial charge is 0.272 e. The molecular formula is C23H20FN3O3S2. The van der Waals surface area contributed by atoms with Crippen LogP contribution in [0.2, 0.25) is 0 Å². The number of hydrogen-bond donors (Lipinski definition) is 1. The Bertz CT molecular complexity index is 1300. The predicted octanol–water partition coefficient (Wildman–Crippen LogP) is 4.06. The normalized spacial score (nSPS) is 10.9. The zero-order chi connectivity index (χ0) is 22.5. The minimum Gasteiger partial charge on any atom is -0.496 e. The van der Waals surface area contributed by atoms with E-state index in [1.165, 1.54) is 35.2 Å². The van der Waals surface area contributed by atoms with Crippen LogP contribution < -0.4 is 15.6 Å². The first-order valence-electron chi connectivity index (χ1n) is 9.79. The fourth-order valence-electron chi connectivity index (χ4n) is 3.16. The standard InChI is InChI=1S/C23H20FN3O3S2/c1-30-19-5-3-2-4-16(19)13-27-22(29)21-18(10-11-31-21)26-23(27)32-14-20(28)25-12-15-6-8-17(24)9-7-15/h2-11H,12-14H2,1H3,(H,25,28). The van der Waals surface area contributed by atoms with Gasteiger partial charge in [-0.25, -0.2) is 9.37 Å². The average molecular weight is 470 g/mol. The van der Waals surface area contributed by atoms with Crippen molar-refractivity contribution < 1.29 is 13.9 Å². The first kappa shape index (κ1) is 22.0. The van der Waals surface area contributed by atoms with E-state index >= 15 is 0 Å². The number of thioether (sulfide) groups is 1. The van der Waals surface area contributed by atoms with Gasteiger partial charge in [0.25, 0.3) is 5.56 Å². The SMILES string of the molecule is COc1ccccc1Cn1c(SCC(=O)NCc2ccc(F)cc2)nc2ccsc2c1=O. The molecule has 0 aliphatic heterocycles. The fraction of sp³-hybridized carbons (Fsp3) is 0.174. The van der Waals surface area contributed by atoms with Crippen molar-refractivity contribution in [3.05, 3.63) is 87.3 Å². The topological polar surface area (TPSA) is 73.2 Å². The lowest BCUT2D eigenvalue weighted by Crippen LogP contribution is -2.26. The fourth-order valence-corrected chi connectivity index (χ4v) is 4.77. The zero-order valence-corrected chi connectivity index (χ0v) is 18.8. The number of ether oxygens (including phenoxy) is 1. The Hall–Kier alpha value is -3.17. The van der Waals surface area contributed by atoms with Gasteiger partial charge in [0.05, 0.1) is 24.9 Å². The number of carbonyl (C=O) groups is 1. The van der Waals surface area contributed by atoms with Gasteiger partial charge >= 0.3 is 0 Å². The van der Waals surface area contributed by atoms with Crippen LogP contribution in [0.5, 0.6) is 5.75 Å². The minimum atomic E-state index is -0.321. The molecule has 0 bridgehead atoms. The van der Waals surface area contributed by atoms with Crippen LogP contribution in [0.1, 0.15) is 11.1 Å². The Balaban J connectivity index is 1.53. The summed E-state index contributed by atoms with van der Waals surface area (Å²) in [6, 6.07) is 15.2. The molecule has 0 atom stereocenters. The Labute approximate surface area is 192 Å². The maximum atomic E-state index is 13.1. The molecule has 0 radical (unpaired) electrons. The number of aromatic nitrogens is 2. The molecule has 32 heavy (non-hydrogen) atoms. The van der Waals surface area contributed by atoms with Crippen LogP contribution in [0.25, 0.3) is 10.2 Å². The van der Waals surface area contributed by atoms with Gasteiger partial charge in [-0.1, -0.05) is 42.1 Å². The van der Waals surface area contributed by atoms with Crippen molar-refractivity contribution in [2.45, 2.75) is 18.2 Å². The van der Waals surface area contributed by atoms with E-state index in [0.29, 0.717) is 27.7 Å². The Morgan fingerprint density at radius 1 is 1.19 bits per heavy atom. The van der Waals surface area contributed by atoms with E-state index in [0.717, 1.165) is 11.1 Å². The van der Waals surface area contributed by atoms with Crippen molar-refractivity contribution in [2.75, 3.05) is 12.9 Å². The number of carbonyl (C=O) groups excluding carboxylic acids is 1. The summed E-state index contributed by atoms with van der Waals surface area (Å²) in [6.07, 6.45) is 0. The van der Waals surface area contributed by atoms with E-state index in [4.69, 9.17) is 4.74 Å². The van der Waals surface area contributed by atoms with Gasteiger partial charge in [-0.3, -0.25) is 14.2 Å². The van der Waals surface area contributed by atoms with Crippen molar-refractivity contribution in [2.24, 2.45) is 0 Å². The van der Waals surface area contributed by atoms with Gasteiger partial charge in [0.1, 0.15) is 16.3 Å². The Kier molecular flexibility index (Phi) is 6.87. The van der Waals surface area contributed by atoms with Crippen molar-refractivity contribution >= 4 is 39.2 Å². The van der Waals surface area contributed by atoms with Gasteiger partial charge in [0.15, 0.2) is 5.16 Å². The van der Waals surface area contributed by atoms with Gasteiger partial charge in [-0.05, 0) is 35.2 Å². The van der Waals surface area contributed by atoms with Gasteiger partial charge in [0.2, 0.25) is 5.91 Å². The van der Waals surface area contributed by atoms with E-state index in [-0.39, 0.29) is 29.6 Å². The lowest BCUT2D eigenvalue weighted by atomic mass is 10.2.